The Morgan fingerprint density at radius 2 is 2.08 bits per heavy atom. The molecular formula is C18H16N6. The van der Waals surface area contributed by atoms with E-state index in [0.717, 1.165) is 33.2 Å². The van der Waals surface area contributed by atoms with Gasteiger partial charge in [-0.15, -0.1) is 0 Å². The summed E-state index contributed by atoms with van der Waals surface area (Å²) in [6.45, 7) is 2.01. The second-order valence-electron chi connectivity index (χ2n) is 6.40. The molecule has 0 aromatic carbocycles. The Balaban J connectivity index is 1.78. The number of fused-ring (bicyclic) bond motifs is 2. The van der Waals surface area contributed by atoms with Crippen LogP contribution in [0.3, 0.4) is 0 Å². The minimum absolute atomic E-state index is 0.525. The summed E-state index contributed by atoms with van der Waals surface area (Å²) in [7, 11) is 0. The van der Waals surface area contributed by atoms with Crippen LogP contribution in [0.25, 0.3) is 33.3 Å². The van der Waals surface area contributed by atoms with Crippen molar-refractivity contribution in [2.45, 2.75) is 25.7 Å². The van der Waals surface area contributed by atoms with Crippen LogP contribution in [0, 0.1) is 6.92 Å². The first-order valence-corrected chi connectivity index (χ1v) is 8.06. The van der Waals surface area contributed by atoms with E-state index in [-0.39, 0.29) is 0 Å². The molecule has 0 atom stereocenters. The van der Waals surface area contributed by atoms with Crippen LogP contribution in [0.4, 0.5) is 5.82 Å². The summed E-state index contributed by atoms with van der Waals surface area (Å²) in [5.74, 6) is 1.69. The quantitative estimate of drug-likeness (QED) is 0.591. The zero-order valence-electron chi connectivity index (χ0n) is 13.2. The molecule has 4 aromatic rings. The number of nitrogens with two attached hydrogens (primary N) is 1. The SMILES string of the molecule is Cc1cc2c(-c3nc(N)c4c(C5CC5)cncc4n3)ccnc2[nH]1. The van der Waals surface area contributed by atoms with Crippen molar-refractivity contribution in [3.05, 3.63) is 42.0 Å². The lowest BCUT2D eigenvalue weighted by Crippen LogP contribution is -2.01. The molecule has 5 rings (SSSR count). The maximum absolute atomic E-state index is 6.31. The molecule has 24 heavy (non-hydrogen) atoms. The third-order valence-corrected chi connectivity index (χ3v) is 4.59. The van der Waals surface area contributed by atoms with Gasteiger partial charge in [-0.25, -0.2) is 15.0 Å². The molecule has 6 heteroatoms. The van der Waals surface area contributed by atoms with Gasteiger partial charge >= 0.3 is 0 Å². The molecule has 0 bridgehead atoms. The first-order chi connectivity index (χ1) is 11.7. The van der Waals surface area contributed by atoms with Crippen LogP contribution in [-0.2, 0) is 0 Å². The van der Waals surface area contributed by atoms with Gasteiger partial charge in [0, 0.05) is 34.4 Å². The maximum atomic E-state index is 6.31. The number of pyridine rings is 2. The molecule has 4 heterocycles. The van der Waals surface area contributed by atoms with Crippen LogP contribution < -0.4 is 5.73 Å². The van der Waals surface area contributed by atoms with Gasteiger partial charge in [0.05, 0.1) is 11.7 Å². The molecule has 0 saturated heterocycles. The largest absolute Gasteiger partial charge is 0.383 e. The van der Waals surface area contributed by atoms with Crippen molar-refractivity contribution < 1.29 is 0 Å². The number of nitrogens with zero attached hydrogens (tertiary/aromatic N) is 4. The molecule has 0 spiro atoms. The summed E-state index contributed by atoms with van der Waals surface area (Å²) in [5, 5.41) is 1.95. The van der Waals surface area contributed by atoms with Gasteiger partial charge in [-0.05, 0) is 43.4 Å². The van der Waals surface area contributed by atoms with E-state index in [0.29, 0.717) is 17.6 Å². The number of hydrogen-bond donors (Lipinski definition) is 2. The van der Waals surface area contributed by atoms with Crippen LogP contribution in [0.15, 0.2) is 30.7 Å². The number of aryl methyl sites for hydroxylation is 1. The molecule has 4 aromatic heterocycles. The van der Waals surface area contributed by atoms with Gasteiger partial charge in [-0.1, -0.05) is 0 Å². The third-order valence-electron chi connectivity index (χ3n) is 4.59. The molecule has 3 N–H and O–H groups in total. The van der Waals surface area contributed by atoms with Gasteiger partial charge in [0.1, 0.15) is 11.5 Å². The van der Waals surface area contributed by atoms with E-state index in [1.165, 1.54) is 18.4 Å². The fraction of sp³-hybridized carbons (Fsp3) is 0.222. The Morgan fingerprint density at radius 3 is 2.92 bits per heavy atom. The van der Waals surface area contributed by atoms with Crippen molar-refractivity contribution >= 4 is 27.8 Å². The predicted octanol–water partition coefficient (Wildman–Crippen LogP) is 3.34. The van der Waals surface area contributed by atoms with E-state index in [4.69, 9.17) is 10.7 Å². The number of aromatic nitrogens is 5. The average Bonchev–Trinajstić information content (AvgIpc) is 3.34. The van der Waals surface area contributed by atoms with E-state index >= 15 is 0 Å². The zero-order chi connectivity index (χ0) is 16.3. The van der Waals surface area contributed by atoms with Crippen LogP contribution >= 0.6 is 0 Å². The minimum Gasteiger partial charge on any atom is -0.383 e. The Bertz CT molecular complexity index is 1090. The summed E-state index contributed by atoms with van der Waals surface area (Å²) in [6, 6.07) is 3.98. The molecule has 0 radical (unpaired) electrons. The lowest BCUT2D eigenvalue weighted by Gasteiger charge is -2.09. The fourth-order valence-corrected chi connectivity index (χ4v) is 3.32. The predicted molar refractivity (Wildman–Crippen MR) is 93.5 cm³/mol. The van der Waals surface area contributed by atoms with Crippen LogP contribution in [0.1, 0.15) is 30.0 Å². The molecule has 1 fully saturated rings. The van der Waals surface area contributed by atoms with Crippen molar-refractivity contribution in [1.29, 1.82) is 0 Å². The van der Waals surface area contributed by atoms with E-state index in [1.807, 2.05) is 19.2 Å². The van der Waals surface area contributed by atoms with Crippen molar-refractivity contribution in [3.8, 4) is 11.4 Å². The monoisotopic (exact) mass is 316 g/mol. The van der Waals surface area contributed by atoms with Crippen LogP contribution in [0.5, 0.6) is 0 Å². The molecule has 0 amide bonds. The first-order valence-electron chi connectivity index (χ1n) is 8.06. The normalized spacial score (nSPS) is 14.5. The highest BCUT2D eigenvalue weighted by molar-refractivity contribution is 5.96. The van der Waals surface area contributed by atoms with E-state index in [2.05, 4.69) is 26.0 Å². The first kappa shape index (κ1) is 13.4. The van der Waals surface area contributed by atoms with E-state index in [1.54, 1.807) is 12.4 Å². The molecular weight excluding hydrogens is 300 g/mol. The standard InChI is InChI=1S/C18H16N6/c1-9-6-12-11(4-5-21-17(12)22-9)18-23-14-8-20-7-13(10-2-3-10)15(14)16(19)24-18/h4-8,10H,2-3H2,1H3,(H,21,22)(H2,19,23,24). The number of aromatic amines is 1. The lowest BCUT2D eigenvalue weighted by molar-refractivity contribution is 1.10. The highest BCUT2D eigenvalue weighted by atomic mass is 15.0. The average molecular weight is 316 g/mol. The Labute approximate surface area is 138 Å². The number of hydrogen-bond acceptors (Lipinski definition) is 5. The summed E-state index contributed by atoms with van der Waals surface area (Å²) in [4.78, 5) is 21.3. The summed E-state index contributed by atoms with van der Waals surface area (Å²) < 4.78 is 0. The van der Waals surface area contributed by atoms with Gasteiger partial charge in [0.15, 0.2) is 5.82 Å². The topological polar surface area (TPSA) is 93.4 Å². The highest BCUT2D eigenvalue weighted by Gasteiger charge is 2.27. The van der Waals surface area contributed by atoms with Crippen molar-refractivity contribution in [2.24, 2.45) is 0 Å². The lowest BCUT2D eigenvalue weighted by atomic mass is 10.1. The smallest absolute Gasteiger partial charge is 0.163 e. The number of H-pyrrole nitrogens is 1. The summed E-state index contributed by atoms with van der Waals surface area (Å²) >= 11 is 0. The van der Waals surface area contributed by atoms with Gasteiger partial charge < -0.3 is 10.7 Å². The summed E-state index contributed by atoms with van der Waals surface area (Å²) in [6.07, 6.45) is 7.81. The minimum atomic E-state index is 0.525. The fourth-order valence-electron chi connectivity index (χ4n) is 3.32. The van der Waals surface area contributed by atoms with Gasteiger partial charge in [-0.2, -0.15) is 0 Å². The van der Waals surface area contributed by atoms with Gasteiger partial charge in [0.25, 0.3) is 0 Å². The molecule has 0 aliphatic heterocycles. The van der Waals surface area contributed by atoms with Crippen LogP contribution in [0.2, 0.25) is 0 Å². The van der Waals surface area contributed by atoms with Crippen molar-refractivity contribution in [3.63, 3.8) is 0 Å². The molecule has 0 unspecified atom stereocenters. The van der Waals surface area contributed by atoms with E-state index < -0.39 is 0 Å². The number of nitrogen functional groups attached to an aromatic ring is 1. The molecule has 6 nitrogen and oxygen atoms in total. The maximum Gasteiger partial charge on any atom is 0.163 e. The summed E-state index contributed by atoms with van der Waals surface area (Å²) in [5.41, 5.74) is 11.1. The second kappa shape index (κ2) is 4.74. The molecule has 1 aliphatic rings. The Hall–Kier alpha value is -3.02. The van der Waals surface area contributed by atoms with Crippen molar-refractivity contribution in [1.82, 2.24) is 24.9 Å². The van der Waals surface area contributed by atoms with Gasteiger partial charge in [-0.3, -0.25) is 4.98 Å². The number of rotatable bonds is 2. The zero-order valence-corrected chi connectivity index (χ0v) is 13.2. The molecule has 118 valence electrons. The highest BCUT2D eigenvalue weighted by Crippen LogP contribution is 2.43. The van der Waals surface area contributed by atoms with Gasteiger partial charge in [0.2, 0.25) is 0 Å². The number of nitrogens with one attached hydrogen (secondary N) is 1. The molecule has 1 saturated carbocycles. The van der Waals surface area contributed by atoms with Crippen LogP contribution in [-0.4, -0.2) is 24.9 Å². The Kier molecular flexibility index (Phi) is 2.65. The second-order valence-corrected chi connectivity index (χ2v) is 6.40. The van der Waals surface area contributed by atoms with Crippen molar-refractivity contribution in [2.75, 3.05) is 5.73 Å². The number of anilines is 1. The third kappa shape index (κ3) is 1.96. The molecule has 1 aliphatic carbocycles. The Morgan fingerprint density at radius 1 is 1.21 bits per heavy atom. The van der Waals surface area contributed by atoms with E-state index in [9.17, 15) is 0 Å².